The molecule has 32 heavy (non-hydrogen) atoms. The largest absolute Gasteiger partial charge is 0.370 e. The number of nitrogens with one attached hydrogen (secondary N) is 1. The number of hydrogen-bond donors (Lipinski definition) is 1. The molecular formula is C25H27ClN4S2. The number of pyridine rings is 1. The first-order valence-electron chi connectivity index (χ1n) is 11.1. The molecule has 5 rings (SSSR count). The van der Waals surface area contributed by atoms with E-state index in [0.717, 1.165) is 35.2 Å². The second-order valence-electron chi connectivity index (χ2n) is 9.00. The summed E-state index contributed by atoms with van der Waals surface area (Å²) in [5, 5.41) is 7.10. The number of rotatable bonds is 4. The molecule has 2 saturated heterocycles. The van der Waals surface area contributed by atoms with E-state index in [-0.39, 0.29) is 12.1 Å². The number of halogens is 1. The molecule has 0 aliphatic carbocycles. The van der Waals surface area contributed by atoms with Crippen LogP contribution in [0.5, 0.6) is 0 Å². The van der Waals surface area contributed by atoms with E-state index >= 15 is 0 Å². The van der Waals surface area contributed by atoms with Crippen LogP contribution in [0.1, 0.15) is 42.9 Å². The third-order valence-corrected chi connectivity index (χ3v) is 7.91. The topological polar surface area (TPSA) is 31.4 Å². The van der Waals surface area contributed by atoms with Crippen molar-refractivity contribution in [1.82, 2.24) is 10.3 Å². The summed E-state index contributed by atoms with van der Waals surface area (Å²) >= 11 is 14.4. The number of aromatic nitrogens is 1. The minimum absolute atomic E-state index is 0.0225. The van der Waals surface area contributed by atoms with E-state index in [1.54, 1.807) is 11.3 Å². The Balaban J connectivity index is 1.50. The Bertz CT molecular complexity index is 1080. The van der Waals surface area contributed by atoms with E-state index in [1.165, 1.54) is 11.3 Å². The second kappa shape index (κ2) is 9.00. The Morgan fingerprint density at radius 2 is 1.91 bits per heavy atom. The molecule has 1 aromatic carbocycles. The molecule has 1 N–H and O–H groups in total. The zero-order valence-corrected chi connectivity index (χ0v) is 20.6. The van der Waals surface area contributed by atoms with Crippen molar-refractivity contribution in [1.29, 1.82) is 0 Å². The fourth-order valence-corrected chi connectivity index (χ4v) is 6.64. The predicted molar refractivity (Wildman–Crippen MR) is 139 cm³/mol. The maximum Gasteiger partial charge on any atom is 0.174 e. The van der Waals surface area contributed by atoms with Crippen LogP contribution in [0, 0.1) is 11.8 Å². The molecule has 0 radical (unpaired) electrons. The van der Waals surface area contributed by atoms with Crippen molar-refractivity contribution in [2.24, 2.45) is 11.8 Å². The summed E-state index contributed by atoms with van der Waals surface area (Å²) in [6.07, 6.45) is 3.11. The lowest BCUT2D eigenvalue weighted by Gasteiger charge is -2.37. The summed E-state index contributed by atoms with van der Waals surface area (Å²) in [6, 6.07) is 16.6. The molecule has 0 bridgehead atoms. The Hall–Kier alpha value is -2.15. The first-order valence-corrected chi connectivity index (χ1v) is 12.8. The quantitative estimate of drug-likeness (QED) is 0.431. The van der Waals surface area contributed by atoms with Crippen molar-refractivity contribution in [2.45, 2.75) is 32.4 Å². The lowest BCUT2D eigenvalue weighted by atomic mass is 9.91. The molecule has 4 heterocycles. The molecule has 2 fully saturated rings. The SMILES string of the molecule is C[C@@H]1C[C@H](C)CN(c2ccc(N3C(=S)N[C@H](c4ccccn4)[C@H]3c3cccs3)cc2Cl)C1. The van der Waals surface area contributed by atoms with Crippen LogP contribution in [-0.4, -0.2) is 23.2 Å². The Labute approximate surface area is 204 Å². The molecule has 0 spiro atoms. The average Bonchev–Trinajstić information content (AvgIpc) is 3.41. The molecule has 7 heteroatoms. The molecule has 0 amide bonds. The highest BCUT2D eigenvalue weighted by Gasteiger charge is 2.41. The minimum Gasteiger partial charge on any atom is -0.370 e. The van der Waals surface area contributed by atoms with Gasteiger partial charge in [0, 0.05) is 29.9 Å². The van der Waals surface area contributed by atoms with Gasteiger partial charge >= 0.3 is 0 Å². The van der Waals surface area contributed by atoms with Gasteiger partial charge in [0.05, 0.1) is 28.5 Å². The Morgan fingerprint density at radius 1 is 1.09 bits per heavy atom. The third kappa shape index (κ3) is 4.12. The molecule has 0 unspecified atom stereocenters. The molecule has 166 valence electrons. The van der Waals surface area contributed by atoms with Gasteiger partial charge in [0.2, 0.25) is 0 Å². The number of hydrogen-bond acceptors (Lipinski definition) is 4. The molecule has 4 atom stereocenters. The van der Waals surface area contributed by atoms with Crippen molar-refractivity contribution in [3.8, 4) is 0 Å². The zero-order chi connectivity index (χ0) is 22.2. The Kier molecular flexibility index (Phi) is 6.10. The van der Waals surface area contributed by atoms with E-state index in [1.807, 2.05) is 18.3 Å². The summed E-state index contributed by atoms with van der Waals surface area (Å²) in [4.78, 5) is 10.5. The van der Waals surface area contributed by atoms with Crippen molar-refractivity contribution >= 4 is 51.6 Å². The number of piperidine rings is 1. The summed E-state index contributed by atoms with van der Waals surface area (Å²) in [5.41, 5.74) is 3.10. The van der Waals surface area contributed by atoms with Crippen LogP contribution in [0.4, 0.5) is 11.4 Å². The fourth-order valence-electron chi connectivity index (χ4n) is 5.14. The highest BCUT2D eigenvalue weighted by atomic mass is 35.5. The number of benzene rings is 1. The van der Waals surface area contributed by atoms with Gasteiger partial charge < -0.3 is 15.1 Å². The first-order chi connectivity index (χ1) is 15.5. The molecule has 2 aromatic heterocycles. The van der Waals surface area contributed by atoms with E-state index < -0.39 is 0 Å². The van der Waals surface area contributed by atoms with Gasteiger partial charge in [-0.15, -0.1) is 11.3 Å². The molecule has 3 aromatic rings. The summed E-state index contributed by atoms with van der Waals surface area (Å²) in [5.74, 6) is 1.35. The molecular weight excluding hydrogens is 456 g/mol. The normalized spacial score (nSPS) is 25.8. The molecule has 4 nitrogen and oxygen atoms in total. The summed E-state index contributed by atoms with van der Waals surface area (Å²) in [7, 11) is 0. The van der Waals surface area contributed by atoms with Crippen LogP contribution in [0.2, 0.25) is 5.02 Å². The fraction of sp³-hybridized carbons (Fsp3) is 0.360. The number of thiocarbonyl (C=S) groups is 1. The van der Waals surface area contributed by atoms with Gasteiger partial charge in [-0.3, -0.25) is 4.98 Å². The van der Waals surface area contributed by atoms with Crippen molar-refractivity contribution in [3.63, 3.8) is 0 Å². The van der Waals surface area contributed by atoms with Crippen LogP contribution in [0.25, 0.3) is 0 Å². The van der Waals surface area contributed by atoms with E-state index in [9.17, 15) is 0 Å². The average molecular weight is 483 g/mol. The van der Waals surface area contributed by atoms with E-state index in [4.69, 9.17) is 23.8 Å². The smallest absolute Gasteiger partial charge is 0.174 e. The van der Waals surface area contributed by atoms with Crippen LogP contribution in [0.15, 0.2) is 60.1 Å². The summed E-state index contributed by atoms with van der Waals surface area (Å²) < 4.78 is 0. The van der Waals surface area contributed by atoms with Crippen molar-refractivity contribution in [2.75, 3.05) is 22.9 Å². The monoisotopic (exact) mass is 482 g/mol. The van der Waals surface area contributed by atoms with Gasteiger partial charge in [0.25, 0.3) is 0 Å². The number of thiophene rings is 1. The van der Waals surface area contributed by atoms with Crippen LogP contribution in [-0.2, 0) is 0 Å². The van der Waals surface area contributed by atoms with Crippen LogP contribution in [0.3, 0.4) is 0 Å². The lowest BCUT2D eigenvalue weighted by molar-refractivity contribution is 0.357. The lowest BCUT2D eigenvalue weighted by Crippen LogP contribution is -2.38. The predicted octanol–water partition coefficient (Wildman–Crippen LogP) is 6.46. The van der Waals surface area contributed by atoms with Crippen LogP contribution >= 0.6 is 35.2 Å². The standard InChI is InChI=1S/C25H27ClN4S2/c1-16-12-17(2)15-29(14-16)21-9-8-18(13-19(21)26)30-24(22-7-5-11-32-22)23(28-25(30)31)20-6-3-4-10-27-20/h3-11,13,16-17,23-24H,12,14-15H2,1-2H3,(H,28,31)/t16-,17+,23-,24-/m1/s1. The maximum absolute atomic E-state index is 6.87. The molecule has 2 aliphatic heterocycles. The number of anilines is 2. The van der Waals surface area contributed by atoms with Crippen molar-refractivity contribution < 1.29 is 0 Å². The Morgan fingerprint density at radius 3 is 2.56 bits per heavy atom. The highest BCUT2D eigenvalue weighted by Crippen LogP contribution is 2.44. The van der Waals surface area contributed by atoms with Gasteiger partial charge in [-0.2, -0.15) is 0 Å². The van der Waals surface area contributed by atoms with E-state index in [2.05, 4.69) is 75.7 Å². The maximum atomic E-state index is 6.87. The minimum atomic E-state index is -0.0235. The summed E-state index contributed by atoms with van der Waals surface area (Å²) in [6.45, 7) is 6.74. The van der Waals surface area contributed by atoms with Gasteiger partial charge in [-0.1, -0.05) is 37.6 Å². The van der Waals surface area contributed by atoms with Crippen LogP contribution < -0.4 is 15.1 Å². The zero-order valence-electron chi connectivity index (χ0n) is 18.2. The van der Waals surface area contributed by atoms with Gasteiger partial charge in [0.15, 0.2) is 5.11 Å². The van der Waals surface area contributed by atoms with Gasteiger partial charge in [-0.05, 0) is 72.3 Å². The highest BCUT2D eigenvalue weighted by molar-refractivity contribution is 7.80. The second-order valence-corrected chi connectivity index (χ2v) is 10.8. The first kappa shape index (κ1) is 21.7. The van der Waals surface area contributed by atoms with Crippen molar-refractivity contribution in [3.05, 3.63) is 75.7 Å². The van der Waals surface area contributed by atoms with Gasteiger partial charge in [0.1, 0.15) is 0 Å². The molecule has 0 saturated carbocycles. The third-order valence-electron chi connectivity index (χ3n) is 6.35. The van der Waals surface area contributed by atoms with Gasteiger partial charge in [-0.25, -0.2) is 0 Å². The van der Waals surface area contributed by atoms with E-state index in [0.29, 0.717) is 16.9 Å². The number of nitrogens with zero attached hydrogens (tertiary/aromatic N) is 3. The molecule has 2 aliphatic rings.